The minimum atomic E-state index is -3.89. The average molecular weight is 452 g/mol. The Morgan fingerprint density at radius 1 is 1.12 bits per heavy atom. The summed E-state index contributed by atoms with van der Waals surface area (Å²) in [7, 11) is 1.87. The van der Waals surface area contributed by atoms with Gasteiger partial charge in [-0.05, 0) is 36.4 Å². The van der Waals surface area contributed by atoms with Crippen LogP contribution < -0.4 is 10.6 Å². The summed E-state index contributed by atoms with van der Waals surface area (Å²) in [6, 6.07) is 7.09. The van der Waals surface area contributed by atoms with Gasteiger partial charge in [0.15, 0.2) is 0 Å². The van der Waals surface area contributed by atoms with Gasteiger partial charge in [-0.3, -0.25) is 14.5 Å². The minimum Gasteiger partial charge on any atom is -0.355 e. The van der Waals surface area contributed by atoms with Crippen LogP contribution in [0.2, 0.25) is 0 Å². The van der Waals surface area contributed by atoms with Crippen molar-refractivity contribution in [2.24, 2.45) is 7.05 Å². The van der Waals surface area contributed by atoms with Crippen molar-refractivity contribution in [2.75, 3.05) is 11.9 Å². The molecule has 1 aliphatic heterocycles. The molecule has 0 fully saturated rings. The molecule has 0 spiro atoms. The number of hydrogen-bond donors (Lipinski definition) is 2. The van der Waals surface area contributed by atoms with Gasteiger partial charge < -0.3 is 15.2 Å². The normalized spacial score (nSPS) is 15.8. The maximum atomic E-state index is 14.9. The largest absolute Gasteiger partial charge is 0.356 e. The maximum absolute atomic E-state index is 14.9. The molecule has 3 aromatic rings. The summed E-state index contributed by atoms with van der Waals surface area (Å²) in [5, 5.41) is 5.10. The lowest BCUT2D eigenvalue weighted by Gasteiger charge is -2.24. The van der Waals surface area contributed by atoms with E-state index in [-0.39, 0.29) is 16.2 Å². The van der Waals surface area contributed by atoms with Crippen molar-refractivity contribution in [1.29, 1.82) is 0 Å². The molecular weight excluding hydrogens is 435 g/mol. The lowest BCUT2D eigenvalue weighted by molar-refractivity contribution is -0.144. The number of hydrogen-bond acceptors (Lipinski definition) is 3. The van der Waals surface area contributed by atoms with Crippen LogP contribution in [0.25, 0.3) is 10.9 Å². The van der Waals surface area contributed by atoms with E-state index in [1.54, 1.807) is 12.1 Å². The van der Waals surface area contributed by atoms with E-state index in [1.807, 2.05) is 29.9 Å². The molecule has 2 aromatic carbocycles. The third kappa shape index (κ3) is 3.63. The van der Waals surface area contributed by atoms with Crippen LogP contribution >= 0.6 is 0 Å². The van der Waals surface area contributed by atoms with Gasteiger partial charge in [0.05, 0.1) is 16.8 Å². The van der Waals surface area contributed by atoms with E-state index < -0.39 is 42.7 Å². The highest BCUT2D eigenvalue weighted by molar-refractivity contribution is 6.06. The predicted octanol–water partition coefficient (Wildman–Crippen LogP) is 4.10. The second kappa shape index (κ2) is 7.81. The lowest BCUT2D eigenvalue weighted by Crippen LogP contribution is -2.47. The highest BCUT2D eigenvalue weighted by Gasteiger charge is 2.53. The second-order valence-electron chi connectivity index (χ2n) is 7.29. The number of anilines is 2. The molecule has 4 rings (SSSR count). The van der Waals surface area contributed by atoms with Gasteiger partial charge in [-0.1, -0.05) is 6.07 Å². The fraction of sp³-hybridized carbons (Fsp3) is 0.238. The van der Waals surface area contributed by atoms with Gasteiger partial charge in [-0.15, -0.1) is 0 Å². The van der Waals surface area contributed by atoms with Gasteiger partial charge in [0.1, 0.15) is 6.54 Å². The summed E-state index contributed by atoms with van der Waals surface area (Å²) in [5.74, 6) is -2.65. The van der Waals surface area contributed by atoms with E-state index in [0.29, 0.717) is 5.69 Å². The topological polar surface area (TPSA) is 66.4 Å². The van der Waals surface area contributed by atoms with Gasteiger partial charge in [0, 0.05) is 29.8 Å². The zero-order valence-electron chi connectivity index (χ0n) is 16.6. The van der Waals surface area contributed by atoms with Crippen molar-refractivity contribution in [3.05, 3.63) is 59.8 Å². The molecule has 0 bridgehead atoms. The van der Waals surface area contributed by atoms with Crippen LogP contribution in [-0.2, 0) is 17.9 Å². The molecule has 6 nitrogen and oxygen atoms in total. The molecule has 1 unspecified atom stereocenters. The highest BCUT2D eigenvalue weighted by Crippen LogP contribution is 2.44. The Kier molecular flexibility index (Phi) is 5.27. The molecule has 1 aromatic heterocycles. The van der Waals surface area contributed by atoms with Crippen LogP contribution in [-0.4, -0.2) is 40.5 Å². The lowest BCUT2D eigenvalue weighted by atomic mass is 10.1. The number of aryl methyl sites for hydroxylation is 1. The van der Waals surface area contributed by atoms with Gasteiger partial charge in [0.2, 0.25) is 12.2 Å². The first-order chi connectivity index (χ1) is 15.1. The summed E-state index contributed by atoms with van der Waals surface area (Å²) < 4.78 is 69.3. The smallest absolute Gasteiger partial charge is 0.355 e. The monoisotopic (exact) mass is 452 g/mol. The number of nitrogens with one attached hydrogen (secondary N) is 2. The number of fused-ring (bicyclic) bond motifs is 2. The molecular formula is C21H17F5N4O2. The summed E-state index contributed by atoms with van der Waals surface area (Å²) in [4.78, 5) is 24.5. The SMILES string of the molecule is Cn1ccc2cc(Nc3cccc4c3C(=O)N(CC(=O)NC(F)C(F)F)C4(F)F)ccc21. The number of halogens is 5. The minimum absolute atomic E-state index is 0.0727. The predicted molar refractivity (Wildman–Crippen MR) is 107 cm³/mol. The van der Waals surface area contributed by atoms with Gasteiger partial charge in [0.25, 0.3) is 12.3 Å². The van der Waals surface area contributed by atoms with Gasteiger partial charge in [-0.2, -0.15) is 8.78 Å². The molecule has 2 N–H and O–H groups in total. The summed E-state index contributed by atoms with van der Waals surface area (Å²) >= 11 is 0. The zero-order chi connectivity index (χ0) is 23.2. The number of carbonyl (C=O) groups excluding carboxylic acids is 2. The van der Waals surface area contributed by atoms with Crippen molar-refractivity contribution in [3.8, 4) is 0 Å². The number of carbonyl (C=O) groups is 2. The molecule has 0 radical (unpaired) electrons. The first-order valence-corrected chi connectivity index (χ1v) is 9.46. The number of rotatable bonds is 6. The summed E-state index contributed by atoms with van der Waals surface area (Å²) in [5.41, 5.74) is 0.572. The van der Waals surface area contributed by atoms with Crippen LogP contribution in [0.5, 0.6) is 0 Å². The maximum Gasteiger partial charge on any atom is 0.356 e. The molecule has 1 aliphatic rings. The van der Waals surface area contributed by atoms with E-state index in [0.717, 1.165) is 17.0 Å². The number of amides is 2. The summed E-state index contributed by atoms with van der Waals surface area (Å²) in [6.45, 7) is -1.29. The molecule has 32 heavy (non-hydrogen) atoms. The molecule has 0 aliphatic carbocycles. The third-order valence-electron chi connectivity index (χ3n) is 5.17. The van der Waals surface area contributed by atoms with Crippen molar-refractivity contribution in [2.45, 2.75) is 18.8 Å². The standard InChI is InChI=1S/C21H17F5N4O2/c1-29-8-7-11-9-12(5-6-15(11)29)27-14-4-2-3-13-17(14)20(32)30(21(13,25)26)10-16(31)28-19(24)18(22)23/h2-9,18-19,27H,10H2,1H3,(H,28,31). The van der Waals surface area contributed by atoms with Crippen LogP contribution in [0.1, 0.15) is 15.9 Å². The van der Waals surface area contributed by atoms with Crippen LogP contribution in [0.4, 0.5) is 33.3 Å². The quantitative estimate of drug-likeness (QED) is 0.437. The van der Waals surface area contributed by atoms with Crippen molar-refractivity contribution in [3.63, 3.8) is 0 Å². The molecule has 11 heteroatoms. The molecule has 2 heterocycles. The molecule has 0 saturated heterocycles. The zero-order valence-corrected chi connectivity index (χ0v) is 16.6. The van der Waals surface area contributed by atoms with E-state index in [2.05, 4.69) is 5.32 Å². The van der Waals surface area contributed by atoms with Crippen LogP contribution in [0, 0.1) is 0 Å². The first-order valence-electron chi connectivity index (χ1n) is 9.46. The third-order valence-corrected chi connectivity index (χ3v) is 5.17. The Labute approximate surface area is 178 Å². The number of nitrogens with zero attached hydrogens (tertiary/aromatic N) is 2. The number of alkyl halides is 5. The van der Waals surface area contributed by atoms with Crippen molar-refractivity contribution in [1.82, 2.24) is 14.8 Å². The first kappa shape index (κ1) is 21.6. The highest BCUT2D eigenvalue weighted by atomic mass is 19.3. The molecule has 0 saturated carbocycles. The molecule has 2 amide bonds. The average Bonchev–Trinajstić information content (AvgIpc) is 3.19. The Morgan fingerprint density at radius 3 is 2.59 bits per heavy atom. The van der Waals surface area contributed by atoms with E-state index in [4.69, 9.17) is 0 Å². The van der Waals surface area contributed by atoms with Crippen LogP contribution in [0.15, 0.2) is 48.7 Å². The Bertz CT molecular complexity index is 1210. The van der Waals surface area contributed by atoms with Gasteiger partial charge in [-0.25, -0.2) is 13.2 Å². The fourth-order valence-electron chi connectivity index (χ4n) is 3.64. The van der Waals surface area contributed by atoms with E-state index in [9.17, 15) is 31.5 Å². The fourth-order valence-corrected chi connectivity index (χ4v) is 3.64. The Hall–Kier alpha value is -3.63. The van der Waals surface area contributed by atoms with Crippen molar-refractivity contribution >= 4 is 34.1 Å². The Balaban J connectivity index is 1.62. The number of aromatic nitrogens is 1. The number of benzene rings is 2. The van der Waals surface area contributed by atoms with Gasteiger partial charge >= 0.3 is 6.05 Å². The molecule has 168 valence electrons. The van der Waals surface area contributed by atoms with E-state index >= 15 is 0 Å². The van der Waals surface area contributed by atoms with E-state index in [1.165, 1.54) is 17.4 Å². The second-order valence-corrected chi connectivity index (χ2v) is 7.29. The summed E-state index contributed by atoms with van der Waals surface area (Å²) in [6.07, 6.45) is -4.69. The van der Waals surface area contributed by atoms with Crippen LogP contribution in [0.3, 0.4) is 0 Å². The van der Waals surface area contributed by atoms with Crippen molar-refractivity contribution < 1.29 is 31.5 Å². The molecule has 1 atom stereocenters. The Morgan fingerprint density at radius 2 is 1.88 bits per heavy atom.